The van der Waals surface area contributed by atoms with Gasteiger partial charge in [-0.1, -0.05) is 13.0 Å². The molecule has 0 spiro atoms. The molecule has 0 saturated heterocycles. The van der Waals surface area contributed by atoms with E-state index in [0.29, 0.717) is 5.69 Å². The van der Waals surface area contributed by atoms with Gasteiger partial charge in [-0.2, -0.15) is 0 Å². The maximum absolute atomic E-state index is 13.3. The summed E-state index contributed by atoms with van der Waals surface area (Å²) < 4.78 is 13.3. The molecule has 1 nitrogen and oxygen atoms in total. The third-order valence-electron chi connectivity index (χ3n) is 2.95. The largest absolute Gasteiger partial charge is 0.382 e. The molecule has 0 radical (unpaired) electrons. The lowest BCUT2D eigenvalue weighted by atomic mass is 10.2. The Labute approximate surface area is 84.3 Å². The molecule has 2 rings (SSSR count). The molecule has 2 atom stereocenters. The smallest absolute Gasteiger partial charge is 0.146 e. The fraction of sp³-hybridized carbons (Fsp3) is 0.500. The van der Waals surface area contributed by atoms with Crippen LogP contribution in [0.5, 0.6) is 0 Å². The molecule has 1 aromatic carbocycles. The molecular weight excluding hydrogens is 177 g/mol. The number of benzene rings is 1. The Balaban J connectivity index is 1.97. The molecule has 2 heteroatoms. The van der Waals surface area contributed by atoms with E-state index in [1.54, 1.807) is 6.07 Å². The van der Waals surface area contributed by atoms with E-state index in [1.165, 1.54) is 12.5 Å². The molecule has 1 fully saturated rings. The summed E-state index contributed by atoms with van der Waals surface area (Å²) >= 11 is 0. The SMILES string of the molecule is Cc1ccc(F)c(NCC2CC2C)c1. The van der Waals surface area contributed by atoms with Gasteiger partial charge in [-0.15, -0.1) is 0 Å². The van der Waals surface area contributed by atoms with Crippen molar-refractivity contribution in [1.82, 2.24) is 0 Å². The van der Waals surface area contributed by atoms with Crippen molar-refractivity contribution in [2.75, 3.05) is 11.9 Å². The number of nitrogens with one attached hydrogen (secondary N) is 1. The lowest BCUT2D eigenvalue weighted by Gasteiger charge is -2.07. The van der Waals surface area contributed by atoms with Gasteiger partial charge in [0.2, 0.25) is 0 Å². The van der Waals surface area contributed by atoms with Crippen molar-refractivity contribution in [1.29, 1.82) is 0 Å². The molecule has 0 bridgehead atoms. The number of anilines is 1. The molecule has 2 unspecified atom stereocenters. The predicted octanol–water partition coefficient (Wildman–Crippen LogP) is 3.20. The van der Waals surface area contributed by atoms with Crippen molar-refractivity contribution >= 4 is 5.69 Å². The lowest BCUT2D eigenvalue weighted by Crippen LogP contribution is -2.06. The van der Waals surface area contributed by atoms with Gasteiger partial charge in [0.05, 0.1) is 5.69 Å². The van der Waals surface area contributed by atoms with Crippen molar-refractivity contribution in [3.05, 3.63) is 29.6 Å². The molecule has 1 N–H and O–H groups in total. The minimum absolute atomic E-state index is 0.149. The van der Waals surface area contributed by atoms with Crippen molar-refractivity contribution in [3.8, 4) is 0 Å². The molecule has 76 valence electrons. The highest BCUT2D eigenvalue weighted by molar-refractivity contribution is 5.47. The number of rotatable bonds is 3. The third kappa shape index (κ3) is 2.06. The van der Waals surface area contributed by atoms with E-state index >= 15 is 0 Å². The van der Waals surface area contributed by atoms with E-state index < -0.39 is 0 Å². The lowest BCUT2D eigenvalue weighted by molar-refractivity contribution is 0.628. The highest BCUT2D eigenvalue weighted by atomic mass is 19.1. The van der Waals surface area contributed by atoms with Gasteiger partial charge in [-0.3, -0.25) is 0 Å². The summed E-state index contributed by atoms with van der Waals surface area (Å²) in [4.78, 5) is 0. The van der Waals surface area contributed by atoms with Crippen LogP contribution in [0.25, 0.3) is 0 Å². The Morgan fingerprint density at radius 2 is 2.21 bits per heavy atom. The first-order valence-electron chi connectivity index (χ1n) is 5.17. The van der Waals surface area contributed by atoms with Crippen LogP contribution >= 0.6 is 0 Å². The summed E-state index contributed by atoms with van der Waals surface area (Å²) in [6.07, 6.45) is 1.28. The first-order chi connectivity index (χ1) is 6.66. The first-order valence-corrected chi connectivity index (χ1v) is 5.17. The number of hydrogen-bond donors (Lipinski definition) is 1. The second-order valence-corrected chi connectivity index (χ2v) is 4.34. The van der Waals surface area contributed by atoms with Gasteiger partial charge < -0.3 is 5.32 Å². The van der Waals surface area contributed by atoms with Crippen LogP contribution in [0.3, 0.4) is 0 Å². The van der Waals surface area contributed by atoms with E-state index in [4.69, 9.17) is 0 Å². The number of hydrogen-bond acceptors (Lipinski definition) is 1. The van der Waals surface area contributed by atoms with Gasteiger partial charge in [-0.25, -0.2) is 4.39 Å². The second-order valence-electron chi connectivity index (χ2n) is 4.34. The monoisotopic (exact) mass is 193 g/mol. The van der Waals surface area contributed by atoms with Crippen LogP contribution in [0.15, 0.2) is 18.2 Å². The molecule has 1 saturated carbocycles. The number of aryl methyl sites for hydroxylation is 1. The highest BCUT2D eigenvalue weighted by Gasteiger charge is 2.31. The van der Waals surface area contributed by atoms with Crippen molar-refractivity contribution in [3.63, 3.8) is 0 Å². The second kappa shape index (κ2) is 3.60. The summed E-state index contributed by atoms with van der Waals surface area (Å²) in [5, 5.41) is 3.17. The van der Waals surface area contributed by atoms with Gasteiger partial charge in [0.15, 0.2) is 0 Å². The summed E-state index contributed by atoms with van der Waals surface area (Å²) in [6, 6.07) is 5.18. The van der Waals surface area contributed by atoms with Crippen molar-refractivity contribution in [2.24, 2.45) is 11.8 Å². The van der Waals surface area contributed by atoms with Crippen LogP contribution in [0, 0.1) is 24.6 Å². The van der Waals surface area contributed by atoms with Crippen LogP contribution in [0.1, 0.15) is 18.9 Å². The summed E-state index contributed by atoms with van der Waals surface area (Å²) in [5.74, 6) is 1.41. The van der Waals surface area contributed by atoms with Crippen LogP contribution < -0.4 is 5.32 Å². The average Bonchev–Trinajstić information content (AvgIpc) is 2.84. The Hall–Kier alpha value is -1.05. The van der Waals surface area contributed by atoms with E-state index in [0.717, 1.165) is 23.9 Å². The average molecular weight is 193 g/mol. The third-order valence-corrected chi connectivity index (χ3v) is 2.95. The molecule has 1 aliphatic rings. The zero-order valence-electron chi connectivity index (χ0n) is 8.68. The zero-order chi connectivity index (χ0) is 10.1. The highest BCUT2D eigenvalue weighted by Crippen LogP contribution is 2.37. The minimum atomic E-state index is -0.149. The normalized spacial score (nSPS) is 24.8. The molecule has 14 heavy (non-hydrogen) atoms. The van der Waals surface area contributed by atoms with Crippen LogP contribution in [-0.4, -0.2) is 6.54 Å². The van der Waals surface area contributed by atoms with Crippen LogP contribution in [0.4, 0.5) is 10.1 Å². The Bertz CT molecular complexity index is 335. The zero-order valence-corrected chi connectivity index (χ0v) is 8.68. The number of halogens is 1. The quantitative estimate of drug-likeness (QED) is 0.777. The van der Waals surface area contributed by atoms with Crippen LogP contribution in [-0.2, 0) is 0 Å². The van der Waals surface area contributed by atoms with Gasteiger partial charge in [-0.05, 0) is 42.9 Å². The van der Waals surface area contributed by atoms with Gasteiger partial charge in [0, 0.05) is 6.54 Å². The van der Waals surface area contributed by atoms with Crippen molar-refractivity contribution < 1.29 is 4.39 Å². The first kappa shape index (κ1) is 9.50. The Kier molecular flexibility index (Phi) is 2.44. The molecule has 0 aromatic heterocycles. The van der Waals surface area contributed by atoms with Gasteiger partial charge in [0.1, 0.15) is 5.82 Å². The Morgan fingerprint density at radius 1 is 1.50 bits per heavy atom. The standard InChI is InChI=1S/C12H16FN/c1-8-3-4-11(13)12(5-8)14-7-10-6-9(10)2/h3-5,9-10,14H,6-7H2,1-2H3. The predicted molar refractivity (Wildman–Crippen MR) is 56.9 cm³/mol. The van der Waals surface area contributed by atoms with Gasteiger partial charge in [0.25, 0.3) is 0 Å². The molecule has 0 heterocycles. The fourth-order valence-electron chi connectivity index (χ4n) is 1.70. The fourth-order valence-corrected chi connectivity index (χ4v) is 1.70. The summed E-state index contributed by atoms with van der Waals surface area (Å²) in [5.41, 5.74) is 1.74. The van der Waals surface area contributed by atoms with E-state index in [-0.39, 0.29) is 5.82 Å². The maximum atomic E-state index is 13.3. The topological polar surface area (TPSA) is 12.0 Å². The summed E-state index contributed by atoms with van der Waals surface area (Å²) in [7, 11) is 0. The molecule has 1 aliphatic carbocycles. The summed E-state index contributed by atoms with van der Waals surface area (Å²) in [6.45, 7) is 5.12. The van der Waals surface area contributed by atoms with E-state index in [9.17, 15) is 4.39 Å². The van der Waals surface area contributed by atoms with Gasteiger partial charge >= 0.3 is 0 Å². The van der Waals surface area contributed by atoms with Crippen LogP contribution in [0.2, 0.25) is 0 Å². The molecular formula is C12H16FN. The van der Waals surface area contributed by atoms with E-state index in [1.807, 2.05) is 13.0 Å². The molecule has 0 aliphatic heterocycles. The molecule has 1 aromatic rings. The Morgan fingerprint density at radius 3 is 2.86 bits per heavy atom. The maximum Gasteiger partial charge on any atom is 0.146 e. The van der Waals surface area contributed by atoms with E-state index in [2.05, 4.69) is 12.2 Å². The molecule has 0 amide bonds. The minimum Gasteiger partial charge on any atom is -0.382 e. The van der Waals surface area contributed by atoms with Crippen molar-refractivity contribution in [2.45, 2.75) is 20.3 Å².